The van der Waals surface area contributed by atoms with Crippen molar-refractivity contribution < 1.29 is 18.4 Å². The molecule has 0 aliphatic heterocycles. The smallest absolute Gasteiger partial charge is 0.409 e. The number of alkyl halides is 3. The summed E-state index contributed by atoms with van der Waals surface area (Å²) in [5, 5.41) is 14.2. The van der Waals surface area contributed by atoms with Crippen molar-refractivity contribution in [1.82, 2.24) is 0 Å². The van der Waals surface area contributed by atoms with Crippen LogP contribution >= 0.6 is 0 Å². The van der Waals surface area contributed by atoms with E-state index in [1.165, 1.54) is 6.07 Å². The van der Waals surface area contributed by atoms with Crippen molar-refractivity contribution in [3.63, 3.8) is 0 Å². The van der Waals surface area contributed by atoms with Crippen LogP contribution in [-0.2, 0) is 6.18 Å². The Bertz CT molecular complexity index is 472. The molecule has 0 bridgehead atoms. The molecular formula is C12H16F3N3O. The van der Waals surface area contributed by atoms with Crippen LogP contribution in [0.5, 0.6) is 0 Å². The Morgan fingerprint density at radius 2 is 2.11 bits per heavy atom. The number of halogens is 3. The van der Waals surface area contributed by atoms with E-state index in [1.807, 2.05) is 0 Å². The quantitative estimate of drug-likeness (QED) is 0.342. The molecule has 0 spiro atoms. The van der Waals surface area contributed by atoms with Crippen LogP contribution in [0.2, 0.25) is 0 Å². The lowest BCUT2D eigenvalue weighted by atomic mass is 10.1. The highest BCUT2D eigenvalue weighted by atomic mass is 19.4. The molecule has 0 heterocycles. The Kier molecular flexibility index (Phi) is 4.63. The molecule has 0 saturated carbocycles. The SMILES string of the molecule is Cc1ccc(C(F)(F)F)cc1NCC(C)C(N)=NO. The summed E-state index contributed by atoms with van der Waals surface area (Å²) in [5.74, 6) is -0.268. The summed E-state index contributed by atoms with van der Waals surface area (Å²) in [7, 11) is 0. The minimum absolute atomic E-state index is 0.0251. The summed E-state index contributed by atoms with van der Waals surface area (Å²) in [6.45, 7) is 3.68. The second-order valence-corrected chi connectivity index (χ2v) is 4.33. The Balaban J connectivity index is 2.84. The average Bonchev–Trinajstić information content (AvgIpc) is 2.35. The van der Waals surface area contributed by atoms with Gasteiger partial charge in [0, 0.05) is 18.2 Å². The van der Waals surface area contributed by atoms with Gasteiger partial charge in [-0.15, -0.1) is 0 Å². The molecule has 7 heteroatoms. The Hall–Kier alpha value is -1.92. The lowest BCUT2D eigenvalue weighted by Gasteiger charge is -2.16. The van der Waals surface area contributed by atoms with Gasteiger partial charge in [-0.3, -0.25) is 0 Å². The number of amidine groups is 1. The fraction of sp³-hybridized carbons (Fsp3) is 0.417. The third kappa shape index (κ3) is 4.04. The van der Waals surface area contributed by atoms with Crippen LogP contribution in [0.3, 0.4) is 0 Å². The van der Waals surface area contributed by atoms with E-state index in [2.05, 4.69) is 10.5 Å². The lowest BCUT2D eigenvalue weighted by molar-refractivity contribution is -0.137. The van der Waals surface area contributed by atoms with Crippen LogP contribution in [0.15, 0.2) is 23.4 Å². The first-order chi connectivity index (χ1) is 8.75. The normalized spacial score (nSPS) is 14.3. The second kappa shape index (κ2) is 5.81. The van der Waals surface area contributed by atoms with Gasteiger partial charge in [-0.1, -0.05) is 18.1 Å². The molecule has 1 unspecified atom stereocenters. The predicted octanol–water partition coefficient (Wildman–Crippen LogP) is 2.81. The number of rotatable bonds is 4. The van der Waals surface area contributed by atoms with Crippen molar-refractivity contribution in [3.05, 3.63) is 29.3 Å². The summed E-state index contributed by atoms with van der Waals surface area (Å²) in [6, 6.07) is 3.49. The zero-order valence-electron chi connectivity index (χ0n) is 10.6. The first kappa shape index (κ1) is 15.1. The van der Waals surface area contributed by atoms with Gasteiger partial charge in [-0.2, -0.15) is 13.2 Å². The molecule has 1 atom stereocenters. The van der Waals surface area contributed by atoms with Gasteiger partial charge in [0.1, 0.15) is 5.84 Å². The zero-order chi connectivity index (χ0) is 14.6. The lowest BCUT2D eigenvalue weighted by Crippen LogP contribution is -2.27. The number of aryl methyl sites for hydroxylation is 1. The van der Waals surface area contributed by atoms with Crippen molar-refractivity contribution in [2.24, 2.45) is 16.8 Å². The predicted molar refractivity (Wildman–Crippen MR) is 67.2 cm³/mol. The molecule has 1 aromatic rings. The largest absolute Gasteiger partial charge is 0.416 e. The molecule has 106 valence electrons. The van der Waals surface area contributed by atoms with E-state index in [4.69, 9.17) is 10.9 Å². The van der Waals surface area contributed by atoms with E-state index in [1.54, 1.807) is 13.8 Å². The molecule has 0 saturated heterocycles. The third-order valence-corrected chi connectivity index (χ3v) is 2.78. The van der Waals surface area contributed by atoms with Gasteiger partial charge in [-0.25, -0.2) is 0 Å². The van der Waals surface area contributed by atoms with Crippen LogP contribution in [-0.4, -0.2) is 17.6 Å². The maximum Gasteiger partial charge on any atom is 0.416 e. The Morgan fingerprint density at radius 3 is 2.63 bits per heavy atom. The number of hydrogen-bond acceptors (Lipinski definition) is 3. The Morgan fingerprint density at radius 1 is 1.47 bits per heavy atom. The maximum absolute atomic E-state index is 12.6. The van der Waals surface area contributed by atoms with Gasteiger partial charge in [0.15, 0.2) is 0 Å². The molecule has 1 aromatic carbocycles. The molecule has 0 fully saturated rings. The highest BCUT2D eigenvalue weighted by molar-refractivity contribution is 5.82. The number of nitrogens with two attached hydrogens (primary N) is 1. The van der Waals surface area contributed by atoms with Crippen molar-refractivity contribution in [1.29, 1.82) is 0 Å². The number of anilines is 1. The van der Waals surface area contributed by atoms with E-state index >= 15 is 0 Å². The van der Waals surface area contributed by atoms with Gasteiger partial charge in [0.05, 0.1) is 5.56 Å². The molecule has 1 rings (SSSR count). The number of hydrogen-bond donors (Lipinski definition) is 3. The van der Waals surface area contributed by atoms with E-state index in [0.717, 1.165) is 12.1 Å². The van der Waals surface area contributed by atoms with Crippen LogP contribution in [0.4, 0.5) is 18.9 Å². The molecule has 0 aliphatic rings. The summed E-state index contributed by atoms with van der Waals surface area (Å²) in [6.07, 6.45) is -4.37. The molecule has 0 amide bonds. The number of nitrogens with one attached hydrogen (secondary N) is 1. The minimum atomic E-state index is -4.37. The van der Waals surface area contributed by atoms with Crippen LogP contribution < -0.4 is 11.1 Å². The van der Waals surface area contributed by atoms with Gasteiger partial charge < -0.3 is 16.3 Å². The standard InChI is InChI=1S/C12H16F3N3O/c1-7-3-4-9(12(13,14)15)5-10(7)17-6-8(2)11(16)18-19/h3-5,8,17,19H,6H2,1-2H3,(H2,16,18). The summed E-state index contributed by atoms with van der Waals surface area (Å²) < 4.78 is 37.7. The second-order valence-electron chi connectivity index (χ2n) is 4.33. The van der Waals surface area contributed by atoms with Crippen molar-refractivity contribution in [2.45, 2.75) is 20.0 Å². The maximum atomic E-state index is 12.6. The first-order valence-electron chi connectivity index (χ1n) is 5.65. The van der Waals surface area contributed by atoms with Gasteiger partial charge >= 0.3 is 6.18 Å². The van der Waals surface area contributed by atoms with E-state index < -0.39 is 11.7 Å². The highest BCUT2D eigenvalue weighted by Crippen LogP contribution is 2.32. The van der Waals surface area contributed by atoms with E-state index in [0.29, 0.717) is 11.3 Å². The average molecular weight is 275 g/mol. The summed E-state index contributed by atoms with van der Waals surface area (Å²) >= 11 is 0. The highest BCUT2D eigenvalue weighted by Gasteiger charge is 2.30. The number of benzene rings is 1. The van der Waals surface area contributed by atoms with Gasteiger partial charge in [-0.05, 0) is 24.6 Å². The van der Waals surface area contributed by atoms with Crippen molar-refractivity contribution in [3.8, 4) is 0 Å². The molecule has 0 aliphatic carbocycles. The molecule has 0 aromatic heterocycles. The van der Waals surface area contributed by atoms with E-state index in [9.17, 15) is 13.2 Å². The van der Waals surface area contributed by atoms with E-state index in [-0.39, 0.29) is 18.3 Å². The Labute approximate surface area is 109 Å². The van der Waals surface area contributed by atoms with Crippen LogP contribution in [0, 0.1) is 12.8 Å². The molecule has 4 nitrogen and oxygen atoms in total. The molecular weight excluding hydrogens is 259 g/mol. The zero-order valence-corrected chi connectivity index (χ0v) is 10.6. The fourth-order valence-corrected chi connectivity index (χ4v) is 1.45. The monoisotopic (exact) mass is 275 g/mol. The molecule has 0 radical (unpaired) electrons. The van der Waals surface area contributed by atoms with Crippen LogP contribution in [0.1, 0.15) is 18.1 Å². The summed E-state index contributed by atoms with van der Waals surface area (Å²) in [5.41, 5.74) is 5.76. The number of oxime groups is 1. The molecule has 19 heavy (non-hydrogen) atoms. The van der Waals surface area contributed by atoms with Gasteiger partial charge in [0.2, 0.25) is 0 Å². The van der Waals surface area contributed by atoms with Crippen molar-refractivity contribution >= 4 is 11.5 Å². The first-order valence-corrected chi connectivity index (χ1v) is 5.65. The number of nitrogens with zero attached hydrogens (tertiary/aromatic N) is 1. The fourth-order valence-electron chi connectivity index (χ4n) is 1.45. The minimum Gasteiger partial charge on any atom is -0.409 e. The van der Waals surface area contributed by atoms with Crippen molar-refractivity contribution in [2.75, 3.05) is 11.9 Å². The summed E-state index contributed by atoms with van der Waals surface area (Å²) in [4.78, 5) is 0. The van der Waals surface area contributed by atoms with Gasteiger partial charge in [0.25, 0.3) is 0 Å². The third-order valence-electron chi connectivity index (χ3n) is 2.78. The molecule has 4 N–H and O–H groups in total. The topological polar surface area (TPSA) is 70.6 Å². The van der Waals surface area contributed by atoms with Crippen LogP contribution in [0.25, 0.3) is 0 Å².